The molecule has 116 valence electrons. The zero-order valence-corrected chi connectivity index (χ0v) is 12.1. The number of amides is 2. The van der Waals surface area contributed by atoms with Gasteiger partial charge in [-0.25, -0.2) is 9.18 Å². The highest BCUT2D eigenvalue weighted by Crippen LogP contribution is 2.19. The van der Waals surface area contributed by atoms with Gasteiger partial charge in [-0.05, 0) is 35.9 Å². The predicted molar refractivity (Wildman–Crippen MR) is 84.2 cm³/mol. The molecule has 0 saturated carbocycles. The smallest absolute Gasteiger partial charge is 0.319 e. The molecule has 2 amide bonds. The van der Waals surface area contributed by atoms with E-state index in [0.717, 1.165) is 11.1 Å². The van der Waals surface area contributed by atoms with Gasteiger partial charge in [0, 0.05) is 24.5 Å². The second kappa shape index (κ2) is 6.74. The van der Waals surface area contributed by atoms with Crippen LogP contribution in [0.1, 0.15) is 5.56 Å². The number of nitrogens with zero attached hydrogens (tertiary/aromatic N) is 1. The second-order valence-electron chi connectivity index (χ2n) is 4.85. The zero-order chi connectivity index (χ0) is 16.1. The number of hydrogen-bond donors (Lipinski definition) is 2. The van der Waals surface area contributed by atoms with Crippen molar-refractivity contribution in [2.24, 2.45) is 0 Å². The Kier molecular flexibility index (Phi) is 4.33. The molecule has 1 aromatic carbocycles. The van der Waals surface area contributed by atoms with Gasteiger partial charge in [0.2, 0.25) is 0 Å². The number of rotatable bonds is 4. The van der Waals surface area contributed by atoms with Crippen LogP contribution in [0.3, 0.4) is 0 Å². The van der Waals surface area contributed by atoms with Crippen molar-refractivity contribution in [2.75, 3.05) is 5.32 Å². The molecule has 3 rings (SSSR count). The first-order valence-electron chi connectivity index (χ1n) is 6.99. The van der Waals surface area contributed by atoms with Crippen LogP contribution < -0.4 is 10.6 Å². The number of para-hydroxylation sites is 1. The summed E-state index contributed by atoms with van der Waals surface area (Å²) in [5.74, 6) is 0.222. The van der Waals surface area contributed by atoms with Crippen LogP contribution in [0.4, 0.5) is 14.9 Å². The molecule has 23 heavy (non-hydrogen) atoms. The summed E-state index contributed by atoms with van der Waals surface area (Å²) in [4.78, 5) is 15.9. The van der Waals surface area contributed by atoms with Crippen LogP contribution in [0.15, 0.2) is 65.5 Å². The third-order valence-electron chi connectivity index (χ3n) is 3.18. The first-order valence-corrected chi connectivity index (χ1v) is 6.99. The number of anilines is 1. The number of halogens is 1. The number of benzene rings is 1. The van der Waals surface area contributed by atoms with E-state index in [4.69, 9.17) is 4.42 Å². The Balaban J connectivity index is 1.61. The third kappa shape index (κ3) is 3.74. The van der Waals surface area contributed by atoms with Gasteiger partial charge in [-0.3, -0.25) is 4.98 Å². The molecule has 2 aromatic heterocycles. The van der Waals surface area contributed by atoms with Crippen molar-refractivity contribution in [3.63, 3.8) is 0 Å². The Morgan fingerprint density at radius 3 is 2.83 bits per heavy atom. The molecule has 0 aliphatic carbocycles. The standard InChI is InChI=1S/C17H14FN3O2/c18-14-4-1-2-5-15(14)21-17(22)20-10-12-8-13(11-19-9-12)16-6-3-7-23-16/h1-9,11H,10H2,(H2,20,21,22). The molecule has 0 fully saturated rings. The van der Waals surface area contributed by atoms with Gasteiger partial charge in [-0.15, -0.1) is 0 Å². The van der Waals surface area contributed by atoms with E-state index in [1.54, 1.807) is 36.9 Å². The maximum atomic E-state index is 13.5. The van der Waals surface area contributed by atoms with Gasteiger partial charge in [0.25, 0.3) is 0 Å². The summed E-state index contributed by atoms with van der Waals surface area (Å²) in [7, 11) is 0. The summed E-state index contributed by atoms with van der Waals surface area (Å²) in [5, 5.41) is 5.12. The van der Waals surface area contributed by atoms with Crippen LogP contribution in [0.5, 0.6) is 0 Å². The van der Waals surface area contributed by atoms with Gasteiger partial charge in [0.1, 0.15) is 11.6 Å². The SMILES string of the molecule is O=C(NCc1cncc(-c2ccco2)c1)Nc1ccccc1F. The lowest BCUT2D eigenvalue weighted by Crippen LogP contribution is -2.28. The Morgan fingerprint density at radius 2 is 2.04 bits per heavy atom. The van der Waals surface area contributed by atoms with Crippen molar-refractivity contribution in [1.82, 2.24) is 10.3 Å². The quantitative estimate of drug-likeness (QED) is 0.770. The largest absolute Gasteiger partial charge is 0.464 e. The third-order valence-corrected chi connectivity index (χ3v) is 3.18. The molecule has 6 heteroatoms. The van der Waals surface area contributed by atoms with E-state index in [1.807, 2.05) is 12.1 Å². The molecule has 0 bridgehead atoms. The van der Waals surface area contributed by atoms with E-state index < -0.39 is 11.8 Å². The Bertz CT molecular complexity index is 803. The van der Waals surface area contributed by atoms with E-state index in [9.17, 15) is 9.18 Å². The summed E-state index contributed by atoms with van der Waals surface area (Å²) in [6.07, 6.45) is 4.92. The van der Waals surface area contributed by atoms with Crippen LogP contribution in [0, 0.1) is 5.82 Å². The van der Waals surface area contributed by atoms with Crippen molar-refractivity contribution in [1.29, 1.82) is 0 Å². The lowest BCUT2D eigenvalue weighted by molar-refractivity contribution is 0.251. The molecule has 0 saturated heterocycles. The number of aromatic nitrogens is 1. The number of pyridine rings is 1. The number of carbonyl (C=O) groups is 1. The highest BCUT2D eigenvalue weighted by molar-refractivity contribution is 5.89. The van der Waals surface area contributed by atoms with Crippen molar-refractivity contribution in [2.45, 2.75) is 6.54 Å². The molecule has 0 aliphatic heterocycles. The molecule has 0 radical (unpaired) electrons. The van der Waals surface area contributed by atoms with Gasteiger partial charge in [0.05, 0.1) is 12.0 Å². The number of urea groups is 1. The number of nitrogens with one attached hydrogen (secondary N) is 2. The minimum absolute atomic E-state index is 0.132. The molecule has 3 aromatic rings. The normalized spacial score (nSPS) is 10.3. The second-order valence-corrected chi connectivity index (χ2v) is 4.85. The van der Waals surface area contributed by atoms with Gasteiger partial charge in [-0.1, -0.05) is 12.1 Å². The molecule has 0 unspecified atom stereocenters. The lowest BCUT2D eigenvalue weighted by atomic mass is 10.1. The fourth-order valence-corrected chi connectivity index (χ4v) is 2.07. The first-order chi connectivity index (χ1) is 11.2. The molecule has 0 spiro atoms. The van der Waals surface area contributed by atoms with Crippen LogP contribution in [-0.2, 0) is 6.54 Å². The topological polar surface area (TPSA) is 67.2 Å². The van der Waals surface area contributed by atoms with Crippen molar-refractivity contribution in [3.05, 3.63) is 72.5 Å². The van der Waals surface area contributed by atoms with Crippen LogP contribution in [-0.4, -0.2) is 11.0 Å². The van der Waals surface area contributed by atoms with Crippen molar-refractivity contribution < 1.29 is 13.6 Å². The highest BCUT2D eigenvalue weighted by Gasteiger charge is 2.07. The summed E-state index contributed by atoms with van der Waals surface area (Å²) < 4.78 is 18.8. The summed E-state index contributed by atoms with van der Waals surface area (Å²) in [6.45, 7) is 0.266. The monoisotopic (exact) mass is 311 g/mol. The zero-order valence-electron chi connectivity index (χ0n) is 12.1. The van der Waals surface area contributed by atoms with E-state index in [2.05, 4.69) is 15.6 Å². The molecule has 2 N–H and O–H groups in total. The van der Waals surface area contributed by atoms with Crippen molar-refractivity contribution >= 4 is 11.7 Å². The molecular weight excluding hydrogens is 297 g/mol. The number of carbonyl (C=O) groups excluding carboxylic acids is 1. The van der Waals surface area contributed by atoms with E-state index in [-0.39, 0.29) is 12.2 Å². The van der Waals surface area contributed by atoms with Crippen LogP contribution >= 0.6 is 0 Å². The average Bonchev–Trinajstić information content (AvgIpc) is 3.10. The fraction of sp³-hybridized carbons (Fsp3) is 0.0588. The molecule has 2 heterocycles. The van der Waals surface area contributed by atoms with E-state index >= 15 is 0 Å². The van der Waals surface area contributed by atoms with Crippen molar-refractivity contribution in [3.8, 4) is 11.3 Å². The van der Waals surface area contributed by atoms with Crippen LogP contribution in [0.25, 0.3) is 11.3 Å². The van der Waals surface area contributed by atoms with Gasteiger partial charge >= 0.3 is 6.03 Å². The van der Waals surface area contributed by atoms with Gasteiger partial charge < -0.3 is 15.1 Å². The lowest BCUT2D eigenvalue weighted by Gasteiger charge is -2.08. The Hall–Kier alpha value is -3.15. The fourth-order valence-electron chi connectivity index (χ4n) is 2.07. The minimum atomic E-state index is -0.487. The summed E-state index contributed by atoms with van der Waals surface area (Å²) in [6, 6.07) is 11.0. The number of furan rings is 1. The average molecular weight is 311 g/mol. The molecule has 0 aliphatic rings. The minimum Gasteiger partial charge on any atom is -0.464 e. The molecular formula is C17H14FN3O2. The highest BCUT2D eigenvalue weighted by atomic mass is 19.1. The Morgan fingerprint density at radius 1 is 1.17 bits per heavy atom. The first kappa shape index (κ1) is 14.8. The maximum absolute atomic E-state index is 13.5. The summed E-state index contributed by atoms with van der Waals surface area (Å²) in [5.41, 5.74) is 1.76. The van der Waals surface area contributed by atoms with Gasteiger partial charge in [-0.2, -0.15) is 0 Å². The van der Waals surface area contributed by atoms with Crippen LogP contribution in [0.2, 0.25) is 0 Å². The van der Waals surface area contributed by atoms with E-state index in [0.29, 0.717) is 5.76 Å². The number of hydrogen-bond acceptors (Lipinski definition) is 3. The van der Waals surface area contributed by atoms with E-state index in [1.165, 1.54) is 12.1 Å². The Labute approximate surface area is 132 Å². The summed E-state index contributed by atoms with van der Waals surface area (Å²) >= 11 is 0. The molecule has 5 nitrogen and oxygen atoms in total. The van der Waals surface area contributed by atoms with Gasteiger partial charge in [0.15, 0.2) is 0 Å². The predicted octanol–water partition coefficient (Wildman–Crippen LogP) is 3.80. The maximum Gasteiger partial charge on any atom is 0.319 e. The molecule has 0 atom stereocenters.